The van der Waals surface area contributed by atoms with Gasteiger partial charge in [0.1, 0.15) is 40.3 Å². The maximum atomic E-state index is 11.3. The molecule has 0 aliphatic carbocycles. The zero-order chi connectivity index (χ0) is 19.2. The number of benzene rings is 2. The van der Waals surface area contributed by atoms with Gasteiger partial charge < -0.3 is 19.3 Å². The molecule has 6 nitrogen and oxygen atoms in total. The number of carbonyl (C=O) groups is 1. The molecule has 140 valence electrons. The van der Waals surface area contributed by atoms with E-state index in [0.717, 1.165) is 22.6 Å². The smallest absolute Gasteiger partial charge is 0.347 e. The molecule has 1 heterocycles. The third kappa shape index (κ3) is 4.57. The van der Waals surface area contributed by atoms with Crippen molar-refractivity contribution in [1.29, 1.82) is 0 Å². The van der Waals surface area contributed by atoms with E-state index in [1.807, 2.05) is 42.5 Å². The number of carboxylic acid groups (broad SMARTS) is 1. The molecular formula is C20H19NO5S. The molecule has 1 N–H and O–H groups in total. The number of nitrogens with zero attached hydrogens (tertiary/aromatic N) is 1. The Morgan fingerprint density at radius 1 is 1.07 bits per heavy atom. The first-order valence-electron chi connectivity index (χ1n) is 8.28. The van der Waals surface area contributed by atoms with Gasteiger partial charge in [0.05, 0.1) is 18.4 Å². The van der Waals surface area contributed by atoms with Crippen molar-refractivity contribution in [1.82, 2.24) is 4.98 Å². The Kier molecular flexibility index (Phi) is 5.93. The van der Waals surface area contributed by atoms with Gasteiger partial charge >= 0.3 is 5.97 Å². The van der Waals surface area contributed by atoms with Crippen LogP contribution < -0.4 is 14.2 Å². The summed E-state index contributed by atoms with van der Waals surface area (Å²) in [5.74, 6) is 1.10. The van der Waals surface area contributed by atoms with Crippen molar-refractivity contribution in [2.75, 3.05) is 20.3 Å². The van der Waals surface area contributed by atoms with Gasteiger partial charge in [-0.1, -0.05) is 18.2 Å². The number of aromatic carboxylic acids is 1. The van der Waals surface area contributed by atoms with Crippen molar-refractivity contribution in [2.45, 2.75) is 6.92 Å². The maximum absolute atomic E-state index is 11.3. The fourth-order valence-electron chi connectivity index (χ4n) is 2.48. The average Bonchev–Trinajstić information content (AvgIpc) is 3.07. The third-order valence-corrected chi connectivity index (χ3v) is 4.94. The summed E-state index contributed by atoms with van der Waals surface area (Å²) in [7, 11) is 1.61. The molecule has 0 amide bonds. The highest BCUT2D eigenvalue weighted by molar-refractivity contribution is 7.17. The molecule has 0 bridgehead atoms. The van der Waals surface area contributed by atoms with Crippen molar-refractivity contribution in [3.63, 3.8) is 0 Å². The molecule has 0 spiro atoms. The van der Waals surface area contributed by atoms with Crippen LogP contribution in [0.4, 0.5) is 0 Å². The number of methoxy groups -OCH3 is 1. The normalized spacial score (nSPS) is 10.4. The zero-order valence-corrected chi connectivity index (χ0v) is 15.8. The van der Waals surface area contributed by atoms with Crippen molar-refractivity contribution in [3.8, 4) is 27.8 Å². The first kappa shape index (κ1) is 18.7. The summed E-state index contributed by atoms with van der Waals surface area (Å²) < 4.78 is 16.7. The highest BCUT2D eigenvalue weighted by Gasteiger charge is 2.17. The molecule has 0 radical (unpaired) electrons. The summed E-state index contributed by atoms with van der Waals surface area (Å²) in [4.78, 5) is 15.9. The van der Waals surface area contributed by atoms with E-state index in [2.05, 4.69) is 4.98 Å². The van der Waals surface area contributed by atoms with E-state index in [1.165, 1.54) is 0 Å². The van der Waals surface area contributed by atoms with E-state index in [1.54, 1.807) is 20.1 Å². The molecule has 0 atom stereocenters. The zero-order valence-electron chi connectivity index (χ0n) is 15.0. The number of carboxylic acids is 1. The first-order valence-corrected chi connectivity index (χ1v) is 9.10. The Labute approximate surface area is 161 Å². The van der Waals surface area contributed by atoms with Crippen LogP contribution in [0.5, 0.6) is 17.2 Å². The molecule has 7 heteroatoms. The molecule has 0 fully saturated rings. The second kappa shape index (κ2) is 8.55. The van der Waals surface area contributed by atoms with Crippen LogP contribution in [0, 0.1) is 6.92 Å². The molecule has 1 aromatic heterocycles. The van der Waals surface area contributed by atoms with Gasteiger partial charge in [-0.05, 0) is 31.2 Å². The minimum absolute atomic E-state index is 0.237. The van der Waals surface area contributed by atoms with Crippen LogP contribution in [0.1, 0.15) is 15.4 Å². The second-order valence-corrected chi connectivity index (χ2v) is 6.61. The number of aromatic nitrogens is 1. The monoisotopic (exact) mass is 385 g/mol. The van der Waals surface area contributed by atoms with Gasteiger partial charge in [0.2, 0.25) is 0 Å². The molecule has 3 rings (SSSR count). The van der Waals surface area contributed by atoms with Gasteiger partial charge in [0.25, 0.3) is 0 Å². The predicted molar refractivity (Wildman–Crippen MR) is 103 cm³/mol. The number of aryl methyl sites for hydroxylation is 1. The van der Waals surface area contributed by atoms with Crippen LogP contribution in [-0.4, -0.2) is 36.4 Å². The molecule has 0 saturated carbocycles. The Hall–Kier alpha value is -3.06. The van der Waals surface area contributed by atoms with Crippen LogP contribution in [0.3, 0.4) is 0 Å². The summed E-state index contributed by atoms with van der Waals surface area (Å²) in [6.07, 6.45) is 0. The van der Waals surface area contributed by atoms with Crippen LogP contribution in [0.15, 0.2) is 48.5 Å². The topological polar surface area (TPSA) is 77.9 Å². The summed E-state index contributed by atoms with van der Waals surface area (Å²) in [5, 5.41) is 9.85. The van der Waals surface area contributed by atoms with Crippen LogP contribution in [-0.2, 0) is 0 Å². The van der Waals surface area contributed by atoms with E-state index >= 15 is 0 Å². The molecule has 0 unspecified atom stereocenters. The van der Waals surface area contributed by atoms with Crippen LogP contribution in [0.25, 0.3) is 10.6 Å². The predicted octanol–water partition coefficient (Wildman–Crippen LogP) is 4.28. The van der Waals surface area contributed by atoms with Gasteiger partial charge in [-0.2, -0.15) is 0 Å². The molecule has 0 aliphatic heterocycles. The largest absolute Gasteiger partial charge is 0.497 e. The Balaban J connectivity index is 1.66. The molecular weight excluding hydrogens is 366 g/mol. The maximum Gasteiger partial charge on any atom is 0.347 e. The lowest BCUT2D eigenvalue weighted by Crippen LogP contribution is -2.09. The fourth-order valence-corrected chi connectivity index (χ4v) is 3.42. The van der Waals surface area contributed by atoms with Crippen molar-refractivity contribution in [2.24, 2.45) is 0 Å². The number of rotatable bonds is 8. The quantitative estimate of drug-likeness (QED) is 0.583. The average molecular weight is 385 g/mol. The summed E-state index contributed by atoms with van der Waals surface area (Å²) in [6, 6.07) is 14.8. The van der Waals surface area contributed by atoms with Crippen LogP contribution >= 0.6 is 11.3 Å². The highest BCUT2D eigenvalue weighted by Crippen LogP contribution is 2.34. The fraction of sp³-hybridized carbons (Fsp3) is 0.200. The lowest BCUT2D eigenvalue weighted by molar-refractivity contribution is 0.0701. The summed E-state index contributed by atoms with van der Waals surface area (Å²) >= 11 is 1.14. The lowest BCUT2D eigenvalue weighted by Gasteiger charge is -2.11. The van der Waals surface area contributed by atoms with Gasteiger partial charge in [-0.3, -0.25) is 0 Å². The highest BCUT2D eigenvalue weighted by atomic mass is 32.1. The minimum atomic E-state index is -0.971. The van der Waals surface area contributed by atoms with Crippen molar-refractivity contribution >= 4 is 17.3 Å². The van der Waals surface area contributed by atoms with E-state index in [9.17, 15) is 9.90 Å². The minimum Gasteiger partial charge on any atom is -0.497 e. The van der Waals surface area contributed by atoms with Crippen molar-refractivity contribution in [3.05, 3.63) is 59.1 Å². The third-order valence-electron chi connectivity index (χ3n) is 3.76. The Morgan fingerprint density at radius 3 is 2.56 bits per heavy atom. The van der Waals surface area contributed by atoms with E-state index in [4.69, 9.17) is 14.2 Å². The van der Waals surface area contributed by atoms with E-state index < -0.39 is 5.97 Å². The van der Waals surface area contributed by atoms with Gasteiger partial charge in [-0.15, -0.1) is 11.3 Å². The summed E-state index contributed by atoms with van der Waals surface area (Å²) in [5.41, 5.74) is 1.26. The van der Waals surface area contributed by atoms with Crippen LogP contribution in [0.2, 0.25) is 0 Å². The molecule has 3 aromatic rings. The van der Waals surface area contributed by atoms with Gasteiger partial charge in [0.15, 0.2) is 0 Å². The number of para-hydroxylation sites is 1. The number of hydrogen-bond acceptors (Lipinski definition) is 6. The Bertz CT molecular complexity index is 938. The molecule has 0 aliphatic rings. The lowest BCUT2D eigenvalue weighted by atomic mass is 10.2. The first-order chi connectivity index (χ1) is 13.1. The second-order valence-electron chi connectivity index (χ2n) is 5.61. The number of ether oxygens (including phenoxy) is 3. The SMILES string of the molecule is COc1cccc(OCCOc2ccccc2-c2nc(C)c(C(=O)O)s2)c1. The van der Waals surface area contributed by atoms with Gasteiger partial charge in [-0.25, -0.2) is 9.78 Å². The van der Waals surface area contributed by atoms with E-state index in [0.29, 0.717) is 35.4 Å². The molecule has 0 saturated heterocycles. The molecule has 2 aromatic carbocycles. The Morgan fingerprint density at radius 2 is 1.81 bits per heavy atom. The van der Waals surface area contributed by atoms with Gasteiger partial charge in [0, 0.05) is 6.07 Å². The number of thiazole rings is 1. The summed E-state index contributed by atoms with van der Waals surface area (Å²) in [6.45, 7) is 2.39. The molecule has 27 heavy (non-hydrogen) atoms. The van der Waals surface area contributed by atoms with E-state index in [-0.39, 0.29) is 4.88 Å². The number of hydrogen-bond donors (Lipinski definition) is 1. The van der Waals surface area contributed by atoms with Crippen molar-refractivity contribution < 1.29 is 24.1 Å². The standard InChI is InChI=1S/C20H19NO5S/c1-13-18(20(22)23)27-19(21-13)16-8-3-4-9-17(16)26-11-10-25-15-7-5-6-14(12-15)24-2/h3-9,12H,10-11H2,1-2H3,(H,22,23).